The van der Waals surface area contributed by atoms with Crippen molar-refractivity contribution >= 4 is 11.8 Å². The normalized spacial score (nSPS) is 38.8. The third-order valence-corrected chi connectivity index (χ3v) is 9.40. The van der Waals surface area contributed by atoms with Gasteiger partial charge in [-0.15, -0.1) is 0 Å². The highest BCUT2D eigenvalue weighted by Crippen LogP contribution is 2.61. The zero-order valence-electron chi connectivity index (χ0n) is 19.5. The highest BCUT2D eigenvalue weighted by Gasteiger charge is 2.59. The Kier molecular flexibility index (Phi) is 5.23. The number of imide groups is 1. The van der Waals surface area contributed by atoms with Crippen LogP contribution < -0.4 is 4.74 Å². The highest BCUT2D eigenvalue weighted by atomic mass is 16.5. The summed E-state index contributed by atoms with van der Waals surface area (Å²) in [7, 11) is 1.60. The molecule has 0 spiro atoms. The first kappa shape index (κ1) is 21.7. The van der Waals surface area contributed by atoms with Crippen LogP contribution in [0.15, 0.2) is 35.9 Å². The molecule has 1 aromatic rings. The molecule has 2 saturated carbocycles. The molecule has 1 N–H and O–H groups in total. The molecule has 5 heteroatoms. The van der Waals surface area contributed by atoms with Crippen molar-refractivity contribution in [1.82, 2.24) is 4.90 Å². The molecule has 0 radical (unpaired) electrons. The second-order valence-electron chi connectivity index (χ2n) is 10.9. The van der Waals surface area contributed by atoms with Crippen LogP contribution in [0.3, 0.4) is 0 Å². The van der Waals surface area contributed by atoms with Gasteiger partial charge in [0.15, 0.2) is 0 Å². The van der Waals surface area contributed by atoms with Gasteiger partial charge in [0.2, 0.25) is 5.91 Å². The summed E-state index contributed by atoms with van der Waals surface area (Å²) >= 11 is 0. The Morgan fingerprint density at radius 2 is 1.84 bits per heavy atom. The molecular weight excluding hydrogens is 402 g/mol. The number of allylic oxidation sites excluding steroid dienone is 1. The van der Waals surface area contributed by atoms with E-state index in [9.17, 15) is 14.7 Å². The number of fused-ring (bicyclic) bond motifs is 5. The Bertz CT molecular complexity index is 953. The van der Waals surface area contributed by atoms with Gasteiger partial charge in [0.25, 0.3) is 5.91 Å². The lowest BCUT2D eigenvalue weighted by atomic mass is 9.48. The highest BCUT2D eigenvalue weighted by molar-refractivity contribution is 6.06. The fraction of sp³-hybridized carbons (Fsp3) is 0.630. The van der Waals surface area contributed by atoms with Crippen LogP contribution in [0.1, 0.15) is 75.6 Å². The largest absolute Gasteiger partial charge is 0.497 e. The van der Waals surface area contributed by atoms with Gasteiger partial charge in [0.05, 0.1) is 18.8 Å². The minimum absolute atomic E-state index is 0.0398. The molecule has 5 rings (SSSR count). The van der Waals surface area contributed by atoms with E-state index in [-0.39, 0.29) is 23.3 Å². The lowest BCUT2D eigenvalue weighted by molar-refractivity contribution is -0.150. The van der Waals surface area contributed by atoms with Gasteiger partial charge >= 0.3 is 0 Å². The predicted octanol–water partition coefficient (Wildman–Crippen LogP) is 4.74. The van der Waals surface area contributed by atoms with E-state index in [0.29, 0.717) is 35.5 Å². The number of hydrogen-bond acceptors (Lipinski definition) is 4. The number of methoxy groups -OCH3 is 1. The van der Waals surface area contributed by atoms with Crippen molar-refractivity contribution in [2.45, 2.75) is 76.9 Å². The van der Waals surface area contributed by atoms with Gasteiger partial charge in [0.1, 0.15) is 5.75 Å². The molecule has 6 atom stereocenters. The van der Waals surface area contributed by atoms with Crippen LogP contribution in [-0.2, 0) is 4.79 Å². The van der Waals surface area contributed by atoms with Crippen LogP contribution in [0.25, 0.3) is 0 Å². The number of hydrogen-bond donors (Lipinski definition) is 1. The number of carbonyl (C=O) groups is 2. The molecule has 2 amide bonds. The zero-order chi connectivity index (χ0) is 22.7. The van der Waals surface area contributed by atoms with Gasteiger partial charge in [-0.05, 0) is 99.3 Å². The van der Waals surface area contributed by atoms with Crippen LogP contribution in [0, 0.1) is 23.2 Å². The molecule has 3 unspecified atom stereocenters. The zero-order valence-corrected chi connectivity index (χ0v) is 19.5. The van der Waals surface area contributed by atoms with E-state index in [1.807, 2.05) is 0 Å². The minimum Gasteiger partial charge on any atom is -0.497 e. The van der Waals surface area contributed by atoms with Crippen molar-refractivity contribution in [2.24, 2.45) is 23.2 Å². The van der Waals surface area contributed by atoms with Crippen molar-refractivity contribution in [3.05, 3.63) is 41.5 Å². The molecule has 0 bridgehead atoms. The summed E-state index contributed by atoms with van der Waals surface area (Å²) in [5, 5.41) is 10.2. The van der Waals surface area contributed by atoms with Gasteiger partial charge in [-0.1, -0.05) is 18.6 Å². The number of carbonyl (C=O) groups excluding carboxylic acids is 2. The van der Waals surface area contributed by atoms with Crippen LogP contribution in [-0.4, -0.2) is 40.6 Å². The van der Waals surface area contributed by atoms with Crippen LogP contribution in [0.5, 0.6) is 5.75 Å². The number of nitrogens with zero attached hydrogens (tertiary/aromatic N) is 1. The van der Waals surface area contributed by atoms with E-state index >= 15 is 0 Å². The summed E-state index contributed by atoms with van der Waals surface area (Å²) in [4.78, 5) is 28.3. The van der Waals surface area contributed by atoms with E-state index in [4.69, 9.17) is 4.74 Å². The summed E-state index contributed by atoms with van der Waals surface area (Å²) < 4.78 is 5.23. The lowest BCUT2D eigenvalue weighted by Crippen LogP contribution is -2.65. The number of piperidine rings is 1. The quantitative estimate of drug-likeness (QED) is 0.536. The molecular formula is C27H35NO4. The predicted molar refractivity (Wildman–Crippen MR) is 122 cm³/mol. The Hall–Kier alpha value is -2.14. The van der Waals surface area contributed by atoms with Crippen LogP contribution >= 0.6 is 0 Å². The maximum absolute atomic E-state index is 13.6. The first-order chi connectivity index (χ1) is 15.3. The topological polar surface area (TPSA) is 66.8 Å². The van der Waals surface area contributed by atoms with Gasteiger partial charge in [-0.3, -0.25) is 14.5 Å². The molecule has 0 aromatic heterocycles. The SMILES string of the molecule is COc1ccc(C(=O)N2C(=O)CCC3C4CC=C5C[C@@H](O)CC[C@]5(C)C4CC[C@@]32C)cc1. The van der Waals surface area contributed by atoms with E-state index < -0.39 is 5.54 Å². The molecule has 5 nitrogen and oxygen atoms in total. The molecule has 1 aromatic carbocycles. The maximum atomic E-state index is 13.6. The Morgan fingerprint density at radius 1 is 1.09 bits per heavy atom. The molecule has 32 heavy (non-hydrogen) atoms. The number of amides is 2. The van der Waals surface area contributed by atoms with Crippen molar-refractivity contribution in [1.29, 1.82) is 0 Å². The fourth-order valence-corrected chi connectivity index (χ4v) is 7.63. The molecule has 3 aliphatic carbocycles. The maximum Gasteiger partial charge on any atom is 0.260 e. The Morgan fingerprint density at radius 3 is 2.56 bits per heavy atom. The van der Waals surface area contributed by atoms with Crippen molar-refractivity contribution in [3.63, 3.8) is 0 Å². The van der Waals surface area contributed by atoms with E-state index in [1.165, 1.54) is 5.57 Å². The number of benzene rings is 1. The van der Waals surface area contributed by atoms with Gasteiger partial charge in [-0.25, -0.2) is 0 Å². The van der Waals surface area contributed by atoms with Crippen molar-refractivity contribution in [3.8, 4) is 5.75 Å². The van der Waals surface area contributed by atoms with E-state index in [0.717, 1.165) is 44.9 Å². The number of aliphatic hydroxyl groups is 1. The summed E-state index contributed by atoms with van der Waals surface area (Å²) in [6, 6.07) is 7.09. The average Bonchev–Trinajstić information content (AvgIpc) is 2.78. The molecule has 1 saturated heterocycles. The smallest absolute Gasteiger partial charge is 0.260 e. The van der Waals surface area contributed by atoms with Crippen molar-refractivity contribution in [2.75, 3.05) is 7.11 Å². The van der Waals surface area contributed by atoms with E-state index in [1.54, 1.807) is 36.3 Å². The number of ether oxygens (including phenoxy) is 1. The fourth-order valence-electron chi connectivity index (χ4n) is 7.63. The first-order valence-electron chi connectivity index (χ1n) is 12.2. The Labute approximate surface area is 190 Å². The lowest BCUT2D eigenvalue weighted by Gasteiger charge is -2.61. The summed E-state index contributed by atoms with van der Waals surface area (Å²) in [5.74, 6) is 1.86. The Balaban J connectivity index is 1.46. The van der Waals surface area contributed by atoms with Crippen molar-refractivity contribution < 1.29 is 19.4 Å². The third kappa shape index (κ3) is 3.15. The number of likely N-dealkylation sites (tertiary alicyclic amines) is 1. The first-order valence-corrected chi connectivity index (χ1v) is 12.2. The second kappa shape index (κ2) is 7.72. The van der Waals surface area contributed by atoms with E-state index in [2.05, 4.69) is 19.9 Å². The van der Waals surface area contributed by atoms with Gasteiger partial charge < -0.3 is 9.84 Å². The minimum atomic E-state index is -0.441. The standard InChI is InChI=1S/C27H35NO4/c1-26-14-12-19(29)16-18(26)6-9-21-22(26)13-15-27(2)23(21)10-11-24(30)28(27)25(31)17-4-7-20(32-3)8-5-17/h4-8,19,21-23,29H,9-16H2,1-3H3/t19-,21?,22?,23?,26-,27-/m0/s1. The molecule has 4 aliphatic rings. The average molecular weight is 438 g/mol. The molecule has 1 aliphatic heterocycles. The molecule has 3 fully saturated rings. The van der Waals surface area contributed by atoms with Gasteiger partial charge in [-0.2, -0.15) is 0 Å². The summed E-state index contributed by atoms with van der Waals surface area (Å²) in [5.41, 5.74) is 1.69. The molecule has 1 heterocycles. The second-order valence-corrected chi connectivity index (χ2v) is 10.9. The van der Waals surface area contributed by atoms with Crippen LogP contribution in [0.4, 0.5) is 0 Å². The van der Waals surface area contributed by atoms with Crippen LogP contribution in [0.2, 0.25) is 0 Å². The molecule has 172 valence electrons. The summed E-state index contributed by atoms with van der Waals surface area (Å²) in [6.07, 6.45) is 9.11. The third-order valence-electron chi connectivity index (χ3n) is 9.40. The monoisotopic (exact) mass is 437 g/mol. The number of rotatable bonds is 2. The van der Waals surface area contributed by atoms with Gasteiger partial charge in [0, 0.05) is 12.0 Å². The summed E-state index contributed by atoms with van der Waals surface area (Å²) in [6.45, 7) is 4.55. The number of aliphatic hydroxyl groups excluding tert-OH is 1.